The van der Waals surface area contributed by atoms with E-state index in [1.54, 1.807) is 7.11 Å². The number of hydrogen-bond acceptors (Lipinski definition) is 7. The van der Waals surface area contributed by atoms with Gasteiger partial charge in [-0.25, -0.2) is 4.98 Å². The average molecular weight is 424 g/mol. The third-order valence-corrected chi connectivity index (χ3v) is 6.00. The Bertz CT molecular complexity index is 1020. The molecule has 0 radical (unpaired) electrons. The van der Waals surface area contributed by atoms with Gasteiger partial charge in [0.25, 0.3) is 0 Å². The fraction of sp³-hybridized carbons (Fsp3) is 0.522. The fourth-order valence-corrected chi connectivity index (χ4v) is 4.01. The molecule has 0 aliphatic carbocycles. The highest BCUT2D eigenvalue weighted by molar-refractivity contribution is 5.52. The third-order valence-electron chi connectivity index (χ3n) is 6.00. The lowest BCUT2D eigenvalue weighted by molar-refractivity contribution is 0.201. The smallest absolute Gasteiger partial charge is 0.228 e. The summed E-state index contributed by atoms with van der Waals surface area (Å²) < 4.78 is 7.20. The van der Waals surface area contributed by atoms with Gasteiger partial charge in [0.05, 0.1) is 25.9 Å². The van der Waals surface area contributed by atoms with E-state index in [2.05, 4.69) is 42.2 Å². The van der Waals surface area contributed by atoms with E-state index in [0.29, 0.717) is 24.5 Å². The number of rotatable bonds is 7. The predicted octanol–water partition coefficient (Wildman–Crippen LogP) is 3.35. The minimum Gasteiger partial charge on any atom is -0.497 e. The van der Waals surface area contributed by atoms with Crippen molar-refractivity contribution in [3.63, 3.8) is 0 Å². The van der Waals surface area contributed by atoms with E-state index in [-0.39, 0.29) is 6.04 Å². The van der Waals surface area contributed by atoms with Crippen molar-refractivity contribution in [1.82, 2.24) is 24.5 Å². The van der Waals surface area contributed by atoms with Gasteiger partial charge in [-0.2, -0.15) is 14.6 Å². The third kappa shape index (κ3) is 4.80. The minimum absolute atomic E-state index is 0.0285. The molecule has 2 aromatic heterocycles. The van der Waals surface area contributed by atoms with Crippen LogP contribution in [0.3, 0.4) is 0 Å². The van der Waals surface area contributed by atoms with Gasteiger partial charge in [-0.3, -0.25) is 4.90 Å². The van der Waals surface area contributed by atoms with Crippen molar-refractivity contribution >= 4 is 11.6 Å². The van der Waals surface area contributed by atoms with Crippen LogP contribution in [0.25, 0.3) is 5.65 Å². The van der Waals surface area contributed by atoms with E-state index in [4.69, 9.17) is 20.4 Å². The van der Waals surface area contributed by atoms with Crippen molar-refractivity contribution < 1.29 is 4.74 Å². The van der Waals surface area contributed by atoms with Crippen molar-refractivity contribution in [2.24, 2.45) is 5.73 Å². The molecule has 0 bridgehead atoms. The van der Waals surface area contributed by atoms with Gasteiger partial charge in [0, 0.05) is 24.7 Å². The van der Waals surface area contributed by atoms with Crippen molar-refractivity contribution in [3.05, 3.63) is 47.4 Å². The lowest BCUT2D eigenvalue weighted by Crippen LogP contribution is -2.39. The highest BCUT2D eigenvalue weighted by Gasteiger charge is 2.21. The molecule has 3 aromatic rings. The first-order valence-electron chi connectivity index (χ1n) is 11.1. The van der Waals surface area contributed by atoms with Crippen molar-refractivity contribution in [2.45, 2.75) is 58.2 Å². The lowest BCUT2D eigenvalue weighted by atomic mass is 10.1. The first-order chi connectivity index (χ1) is 14.9. The Morgan fingerprint density at radius 3 is 2.68 bits per heavy atom. The molecule has 1 aliphatic rings. The van der Waals surface area contributed by atoms with Crippen LogP contribution in [0.2, 0.25) is 0 Å². The highest BCUT2D eigenvalue weighted by Crippen LogP contribution is 2.25. The van der Waals surface area contributed by atoms with Gasteiger partial charge < -0.3 is 15.8 Å². The lowest BCUT2D eigenvalue weighted by Gasteiger charge is -2.29. The highest BCUT2D eigenvalue weighted by atomic mass is 16.5. The zero-order chi connectivity index (χ0) is 22.0. The van der Waals surface area contributed by atoms with Crippen LogP contribution in [-0.2, 0) is 6.54 Å². The van der Waals surface area contributed by atoms with E-state index < -0.39 is 0 Å². The number of likely N-dealkylation sites (tertiary alicyclic amines) is 1. The molecule has 0 saturated carbocycles. The molecule has 8 nitrogen and oxygen atoms in total. The van der Waals surface area contributed by atoms with Crippen molar-refractivity contribution in [1.29, 1.82) is 0 Å². The van der Waals surface area contributed by atoms with Gasteiger partial charge in [-0.15, -0.1) is 0 Å². The number of nitrogens with two attached hydrogens (primary N) is 1. The van der Waals surface area contributed by atoms with Gasteiger partial charge in [0.2, 0.25) is 5.95 Å². The largest absolute Gasteiger partial charge is 0.497 e. The summed E-state index contributed by atoms with van der Waals surface area (Å²) in [7, 11) is 1.68. The van der Waals surface area contributed by atoms with Crippen molar-refractivity contribution in [3.8, 4) is 5.75 Å². The van der Waals surface area contributed by atoms with Gasteiger partial charge in [-0.1, -0.05) is 26.0 Å². The summed E-state index contributed by atoms with van der Waals surface area (Å²) in [6, 6.07) is 8.41. The maximum atomic E-state index is 6.07. The molecule has 166 valence electrons. The number of benzene rings is 1. The molecule has 4 rings (SSSR count). The molecule has 1 saturated heterocycles. The van der Waals surface area contributed by atoms with E-state index in [1.807, 2.05) is 28.9 Å². The second-order valence-corrected chi connectivity index (χ2v) is 8.71. The number of piperidine rings is 1. The molecule has 31 heavy (non-hydrogen) atoms. The summed E-state index contributed by atoms with van der Waals surface area (Å²) >= 11 is 0. The topological polar surface area (TPSA) is 93.6 Å². The van der Waals surface area contributed by atoms with Gasteiger partial charge >= 0.3 is 0 Å². The minimum atomic E-state index is 0.0285. The van der Waals surface area contributed by atoms with Crippen LogP contribution in [0.15, 0.2) is 30.5 Å². The number of nitrogens with zero attached hydrogens (tertiary/aromatic N) is 5. The average Bonchev–Trinajstić information content (AvgIpc) is 3.20. The Hall–Kier alpha value is -2.71. The number of ether oxygens (including phenoxy) is 1. The number of fused-ring (bicyclic) bond motifs is 1. The summed E-state index contributed by atoms with van der Waals surface area (Å²) in [4.78, 5) is 12.1. The maximum absolute atomic E-state index is 6.07. The number of methoxy groups -OCH3 is 1. The Labute approximate surface area is 183 Å². The summed E-state index contributed by atoms with van der Waals surface area (Å²) in [5.41, 5.74) is 9.19. The molecule has 0 amide bonds. The summed E-state index contributed by atoms with van der Waals surface area (Å²) in [6.07, 6.45) is 3.94. The number of nitrogens with one attached hydrogen (secondary N) is 1. The molecule has 3 N–H and O–H groups in total. The van der Waals surface area contributed by atoms with Gasteiger partial charge in [0.15, 0.2) is 5.65 Å². The van der Waals surface area contributed by atoms with E-state index in [1.165, 1.54) is 0 Å². The molecule has 3 heterocycles. The van der Waals surface area contributed by atoms with Crippen LogP contribution < -0.4 is 15.8 Å². The molecule has 1 fully saturated rings. The number of aromatic nitrogens is 4. The SMILES string of the molecule is COc1cccc(C(C)Nc2nc(CN3CCC(N)CC3)nc3c(C(C)C)cnn23)c1. The monoisotopic (exact) mass is 423 g/mol. The Morgan fingerprint density at radius 2 is 1.97 bits per heavy atom. The molecule has 1 aromatic carbocycles. The fourth-order valence-electron chi connectivity index (χ4n) is 4.01. The quantitative estimate of drug-likeness (QED) is 0.602. The normalized spacial score (nSPS) is 16.7. The zero-order valence-electron chi connectivity index (χ0n) is 18.9. The van der Waals surface area contributed by atoms with Crippen molar-refractivity contribution in [2.75, 3.05) is 25.5 Å². The van der Waals surface area contributed by atoms with E-state index >= 15 is 0 Å². The standard InChI is InChI=1S/C23H33N7O/c1-15(2)20-13-25-30-22(20)27-21(14-29-10-8-18(24)9-11-29)28-23(30)26-16(3)17-6-5-7-19(12-17)31-4/h5-7,12-13,15-16,18H,8-11,14,24H2,1-4H3,(H,26,27,28). The zero-order valence-corrected chi connectivity index (χ0v) is 18.9. The summed E-state index contributed by atoms with van der Waals surface area (Å²) in [5.74, 6) is 2.68. The molecular weight excluding hydrogens is 390 g/mol. The summed E-state index contributed by atoms with van der Waals surface area (Å²) in [6.45, 7) is 9.12. The Morgan fingerprint density at radius 1 is 1.19 bits per heavy atom. The Kier molecular flexibility index (Phi) is 6.38. The Balaban J connectivity index is 1.65. The number of hydrogen-bond donors (Lipinski definition) is 2. The predicted molar refractivity (Wildman–Crippen MR) is 122 cm³/mol. The van der Waals surface area contributed by atoms with Crippen LogP contribution in [-0.4, -0.2) is 50.7 Å². The second kappa shape index (κ2) is 9.20. The van der Waals surface area contributed by atoms with Crippen LogP contribution in [0.5, 0.6) is 5.75 Å². The first kappa shape index (κ1) is 21.5. The molecule has 0 spiro atoms. The van der Waals surface area contributed by atoms with E-state index in [9.17, 15) is 0 Å². The second-order valence-electron chi connectivity index (χ2n) is 8.71. The summed E-state index contributed by atoms with van der Waals surface area (Å²) in [5, 5.41) is 8.14. The maximum Gasteiger partial charge on any atom is 0.228 e. The van der Waals surface area contributed by atoms with E-state index in [0.717, 1.165) is 54.3 Å². The first-order valence-corrected chi connectivity index (χ1v) is 11.1. The van der Waals surface area contributed by atoms with Gasteiger partial charge in [-0.05, 0) is 43.4 Å². The molecule has 1 atom stereocenters. The van der Waals surface area contributed by atoms with Gasteiger partial charge in [0.1, 0.15) is 11.6 Å². The van der Waals surface area contributed by atoms with Crippen LogP contribution in [0, 0.1) is 0 Å². The van der Waals surface area contributed by atoms with Crippen LogP contribution in [0.1, 0.15) is 62.5 Å². The van der Waals surface area contributed by atoms with Crippen LogP contribution in [0.4, 0.5) is 5.95 Å². The van der Waals surface area contributed by atoms with Crippen LogP contribution >= 0.6 is 0 Å². The molecular formula is C23H33N7O. The molecule has 8 heteroatoms. The number of anilines is 1. The molecule has 1 aliphatic heterocycles. The molecule has 1 unspecified atom stereocenters.